The SMILES string of the molecule is COC(=O)CCN(C(=O)c1ccc2nc[nH]c2c1)c1ccccn1. The van der Waals surface area contributed by atoms with Crippen molar-refractivity contribution in [2.24, 2.45) is 0 Å². The van der Waals surface area contributed by atoms with Gasteiger partial charge in [0.05, 0.1) is 30.9 Å². The molecule has 0 saturated carbocycles. The Morgan fingerprint density at radius 3 is 2.83 bits per heavy atom. The number of esters is 1. The summed E-state index contributed by atoms with van der Waals surface area (Å²) in [5.74, 6) is -0.141. The van der Waals surface area contributed by atoms with E-state index in [0.717, 1.165) is 11.0 Å². The molecule has 0 unspecified atom stereocenters. The van der Waals surface area contributed by atoms with Crippen LogP contribution in [0.4, 0.5) is 5.82 Å². The van der Waals surface area contributed by atoms with Gasteiger partial charge in [-0.25, -0.2) is 9.97 Å². The minimum absolute atomic E-state index is 0.0884. The minimum atomic E-state index is -0.382. The number of H-pyrrole nitrogens is 1. The number of rotatable bonds is 5. The molecule has 0 bridgehead atoms. The normalized spacial score (nSPS) is 10.5. The van der Waals surface area contributed by atoms with E-state index in [-0.39, 0.29) is 24.8 Å². The number of benzene rings is 1. The number of ether oxygens (including phenoxy) is 1. The van der Waals surface area contributed by atoms with Crippen LogP contribution in [-0.4, -0.2) is 40.5 Å². The van der Waals surface area contributed by atoms with Crippen molar-refractivity contribution < 1.29 is 14.3 Å². The first kappa shape index (κ1) is 15.7. The summed E-state index contributed by atoms with van der Waals surface area (Å²) in [4.78, 5) is 37.2. The zero-order valence-corrected chi connectivity index (χ0v) is 13.1. The standard InChI is InChI=1S/C17H16N4O3/c1-24-16(22)7-9-21(15-4-2-3-8-18-15)17(23)12-5-6-13-14(10-12)20-11-19-13/h2-6,8,10-11H,7,9H2,1H3,(H,19,20). The molecule has 3 rings (SSSR count). The molecule has 0 fully saturated rings. The molecule has 1 aromatic carbocycles. The summed E-state index contributed by atoms with van der Waals surface area (Å²) in [5.41, 5.74) is 2.04. The molecule has 1 amide bonds. The molecule has 0 aliphatic carbocycles. The van der Waals surface area contributed by atoms with Crippen LogP contribution in [0.15, 0.2) is 48.9 Å². The number of carbonyl (C=O) groups is 2. The van der Waals surface area contributed by atoms with Gasteiger partial charge in [0.15, 0.2) is 0 Å². The largest absolute Gasteiger partial charge is 0.469 e. The first-order valence-electron chi connectivity index (χ1n) is 7.42. The molecule has 1 N–H and O–H groups in total. The Labute approximate surface area is 138 Å². The number of amides is 1. The molecule has 0 radical (unpaired) electrons. The first-order chi connectivity index (χ1) is 11.7. The lowest BCUT2D eigenvalue weighted by Gasteiger charge is -2.21. The van der Waals surface area contributed by atoms with Crippen LogP contribution in [-0.2, 0) is 9.53 Å². The summed E-state index contributed by atoms with van der Waals surface area (Å²) in [7, 11) is 1.32. The van der Waals surface area contributed by atoms with E-state index in [1.807, 2.05) is 0 Å². The van der Waals surface area contributed by atoms with Crippen molar-refractivity contribution >= 4 is 28.7 Å². The summed E-state index contributed by atoms with van der Waals surface area (Å²) in [5, 5.41) is 0. The summed E-state index contributed by atoms with van der Waals surface area (Å²) in [6.45, 7) is 0.184. The fourth-order valence-corrected chi connectivity index (χ4v) is 2.36. The molecular weight excluding hydrogens is 308 g/mol. The van der Waals surface area contributed by atoms with Gasteiger partial charge >= 0.3 is 5.97 Å². The highest BCUT2D eigenvalue weighted by atomic mass is 16.5. The second kappa shape index (κ2) is 6.91. The average Bonchev–Trinajstić information content (AvgIpc) is 3.10. The lowest BCUT2D eigenvalue weighted by atomic mass is 10.1. The Bertz CT molecular complexity index is 860. The van der Waals surface area contributed by atoms with E-state index >= 15 is 0 Å². The third-order valence-corrected chi connectivity index (χ3v) is 3.61. The van der Waals surface area contributed by atoms with Gasteiger partial charge in [-0.2, -0.15) is 0 Å². The van der Waals surface area contributed by atoms with Crippen LogP contribution in [0.25, 0.3) is 11.0 Å². The van der Waals surface area contributed by atoms with Crippen LogP contribution >= 0.6 is 0 Å². The molecule has 0 aliphatic heterocycles. The number of hydrogen-bond acceptors (Lipinski definition) is 5. The Kier molecular flexibility index (Phi) is 4.51. The van der Waals surface area contributed by atoms with Crippen LogP contribution in [0.1, 0.15) is 16.8 Å². The number of carbonyl (C=O) groups excluding carboxylic acids is 2. The van der Waals surface area contributed by atoms with Gasteiger partial charge in [-0.15, -0.1) is 0 Å². The second-order valence-corrected chi connectivity index (χ2v) is 5.11. The highest BCUT2D eigenvalue weighted by Crippen LogP contribution is 2.18. The Hall–Kier alpha value is -3.22. The lowest BCUT2D eigenvalue weighted by molar-refractivity contribution is -0.140. The van der Waals surface area contributed by atoms with E-state index in [1.165, 1.54) is 12.0 Å². The molecule has 0 saturated heterocycles. The summed E-state index contributed by atoms with van der Waals surface area (Å²) in [6.07, 6.45) is 3.27. The van der Waals surface area contributed by atoms with Crippen LogP contribution in [0.5, 0.6) is 0 Å². The number of nitrogens with zero attached hydrogens (tertiary/aromatic N) is 3. The number of imidazole rings is 1. The second-order valence-electron chi connectivity index (χ2n) is 5.11. The Balaban J connectivity index is 1.91. The maximum absolute atomic E-state index is 12.9. The van der Waals surface area contributed by atoms with Gasteiger partial charge in [0.1, 0.15) is 5.82 Å². The van der Waals surface area contributed by atoms with Gasteiger partial charge in [-0.1, -0.05) is 6.07 Å². The quantitative estimate of drug-likeness (QED) is 0.727. The van der Waals surface area contributed by atoms with E-state index in [1.54, 1.807) is 48.9 Å². The van der Waals surface area contributed by atoms with E-state index in [0.29, 0.717) is 11.4 Å². The van der Waals surface area contributed by atoms with Crippen molar-refractivity contribution in [3.05, 3.63) is 54.5 Å². The molecule has 0 atom stereocenters. The monoisotopic (exact) mass is 324 g/mol. The van der Waals surface area contributed by atoms with Gasteiger partial charge in [0.2, 0.25) is 0 Å². The van der Waals surface area contributed by atoms with Gasteiger partial charge in [0.25, 0.3) is 5.91 Å². The van der Waals surface area contributed by atoms with Crippen molar-refractivity contribution in [3.8, 4) is 0 Å². The van der Waals surface area contributed by atoms with Crippen LogP contribution in [0.3, 0.4) is 0 Å². The molecule has 0 aliphatic rings. The first-order valence-corrected chi connectivity index (χ1v) is 7.42. The molecule has 7 heteroatoms. The van der Waals surface area contributed by atoms with Gasteiger partial charge in [0, 0.05) is 18.3 Å². The fraction of sp³-hybridized carbons (Fsp3) is 0.176. The van der Waals surface area contributed by atoms with E-state index in [2.05, 4.69) is 19.7 Å². The van der Waals surface area contributed by atoms with Crippen molar-refractivity contribution in [2.45, 2.75) is 6.42 Å². The number of pyridine rings is 1. The number of anilines is 1. The smallest absolute Gasteiger partial charge is 0.307 e. The zero-order valence-electron chi connectivity index (χ0n) is 13.1. The van der Waals surface area contributed by atoms with E-state index < -0.39 is 0 Å². The number of fused-ring (bicyclic) bond motifs is 1. The average molecular weight is 324 g/mol. The molecule has 3 aromatic rings. The van der Waals surface area contributed by atoms with E-state index in [9.17, 15) is 9.59 Å². The molecular formula is C17H16N4O3. The summed E-state index contributed by atoms with van der Waals surface area (Å²) >= 11 is 0. The van der Waals surface area contributed by atoms with Gasteiger partial charge in [-0.05, 0) is 30.3 Å². The Morgan fingerprint density at radius 2 is 2.08 bits per heavy atom. The van der Waals surface area contributed by atoms with Crippen molar-refractivity contribution in [2.75, 3.05) is 18.6 Å². The Morgan fingerprint density at radius 1 is 1.21 bits per heavy atom. The molecule has 7 nitrogen and oxygen atoms in total. The van der Waals surface area contributed by atoms with Gasteiger partial charge < -0.3 is 9.72 Å². The molecule has 0 spiro atoms. The summed E-state index contributed by atoms with van der Waals surface area (Å²) in [6, 6.07) is 10.5. The number of methoxy groups -OCH3 is 1. The van der Waals surface area contributed by atoms with Crippen LogP contribution in [0, 0.1) is 0 Å². The van der Waals surface area contributed by atoms with Crippen molar-refractivity contribution in [1.82, 2.24) is 15.0 Å². The molecule has 122 valence electrons. The van der Waals surface area contributed by atoms with Crippen LogP contribution < -0.4 is 4.90 Å². The fourth-order valence-electron chi connectivity index (χ4n) is 2.36. The topological polar surface area (TPSA) is 88.2 Å². The number of aromatic nitrogens is 3. The third kappa shape index (κ3) is 3.24. The maximum atomic E-state index is 12.9. The van der Waals surface area contributed by atoms with E-state index in [4.69, 9.17) is 0 Å². The van der Waals surface area contributed by atoms with Crippen molar-refractivity contribution in [3.63, 3.8) is 0 Å². The highest BCUT2D eigenvalue weighted by molar-refractivity contribution is 6.07. The van der Waals surface area contributed by atoms with Gasteiger partial charge in [-0.3, -0.25) is 14.5 Å². The highest BCUT2D eigenvalue weighted by Gasteiger charge is 2.20. The molecule has 2 aromatic heterocycles. The number of hydrogen-bond donors (Lipinski definition) is 1. The molecule has 2 heterocycles. The summed E-state index contributed by atoms with van der Waals surface area (Å²) < 4.78 is 4.66. The van der Waals surface area contributed by atoms with Crippen molar-refractivity contribution in [1.29, 1.82) is 0 Å². The predicted molar refractivity (Wildman–Crippen MR) is 88.6 cm³/mol. The minimum Gasteiger partial charge on any atom is -0.469 e. The number of aromatic amines is 1. The zero-order chi connectivity index (χ0) is 16.9. The third-order valence-electron chi connectivity index (χ3n) is 3.61. The predicted octanol–water partition coefficient (Wildman–Crippen LogP) is 2.17. The molecule has 24 heavy (non-hydrogen) atoms. The van der Waals surface area contributed by atoms with Crippen LogP contribution in [0.2, 0.25) is 0 Å². The maximum Gasteiger partial charge on any atom is 0.307 e. The number of nitrogens with one attached hydrogen (secondary N) is 1. The lowest BCUT2D eigenvalue weighted by Crippen LogP contribution is -2.33.